The van der Waals surface area contributed by atoms with E-state index in [9.17, 15) is 9.59 Å². The minimum absolute atomic E-state index is 0.0789. The smallest absolute Gasteiger partial charge is 0.252 e. The van der Waals surface area contributed by atoms with Gasteiger partial charge in [-0.15, -0.1) is 11.3 Å². The molecule has 7 heteroatoms. The summed E-state index contributed by atoms with van der Waals surface area (Å²) in [7, 11) is 0. The molecule has 2 heterocycles. The first-order chi connectivity index (χ1) is 16.1. The lowest BCUT2D eigenvalue weighted by Gasteiger charge is -2.32. The van der Waals surface area contributed by atoms with Crippen LogP contribution in [0.15, 0.2) is 66.0 Å². The van der Waals surface area contributed by atoms with E-state index in [1.54, 1.807) is 41.7 Å². The van der Waals surface area contributed by atoms with E-state index in [-0.39, 0.29) is 12.5 Å². The van der Waals surface area contributed by atoms with Crippen LogP contribution in [0.3, 0.4) is 0 Å². The lowest BCUT2D eigenvalue weighted by atomic mass is 9.97. The molecule has 0 spiro atoms. The first-order valence-electron chi connectivity index (χ1n) is 11.2. The molecular formula is C26H29N3O3S. The molecule has 4 rings (SSSR count). The Morgan fingerprint density at radius 1 is 1.12 bits per heavy atom. The number of amides is 2. The molecule has 1 atom stereocenters. The summed E-state index contributed by atoms with van der Waals surface area (Å²) >= 11 is 1.79. The summed E-state index contributed by atoms with van der Waals surface area (Å²) in [6.45, 7) is 4.02. The summed E-state index contributed by atoms with van der Waals surface area (Å²) in [5.41, 5.74) is 7.20. The van der Waals surface area contributed by atoms with E-state index < -0.39 is 5.91 Å². The molecule has 2 aromatic carbocycles. The van der Waals surface area contributed by atoms with Crippen molar-refractivity contribution in [1.82, 2.24) is 10.2 Å². The summed E-state index contributed by atoms with van der Waals surface area (Å²) in [4.78, 5) is 28.2. The molecule has 1 aliphatic rings. The Morgan fingerprint density at radius 2 is 2.00 bits per heavy atom. The number of nitrogens with zero attached hydrogens (tertiary/aromatic N) is 1. The van der Waals surface area contributed by atoms with E-state index in [4.69, 9.17) is 10.5 Å². The minimum atomic E-state index is -0.532. The van der Waals surface area contributed by atoms with E-state index in [1.807, 2.05) is 18.2 Å². The molecule has 33 heavy (non-hydrogen) atoms. The molecule has 1 unspecified atom stereocenters. The Labute approximate surface area is 198 Å². The van der Waals surface area contributed by atoms with Gasteiger partial charge in [0, 0.05) is 30.1 Å². The average molecular weight is 464 g/mol. The van der Waals surface area contributed by atoms with Crippen molar-refractivity contribution >= 4 is 23.2 Å². The fraction of sp³-hybridized carbons (Fsp3) is 0.308. The number of carbonyl (C=O) groups excluding carboxylic acids is 2. The van der Waals surface area contributed by atoms with Gasteiger partial charge >= 0.3 is 0 Å². The molecule has 1 aliphatic heterocycles. The van der Waals surface area contributed by atoms with Crippen LogP contribution in [-0.2, 0) is 13.2 Å². The van der Waals surface area contributed by atoms with Gasteiger partial charge in [-0.3, -0.25) is 14.5 Å². The van der Waals surface area contributed by atoms with Gasteiger partial charge in [-0.1, -0.05) is 30.3 Å². The van der Waals surface area contributed by atoms with E-state index in [1.165, 1.54) is 4.88 Å². The highest BCUT2D eigenvalue weighted by molar-refractivity contribution is 7.09. The maximum atomic E-state index is 12.8. The molecule has 0 saturated carbocycles. The fourth-order valence-corrected chi connectivity index (χ4v) is 4.93. The average Bonchev–Trinajstić information content (AvgIpc) is 3.35. The highest BCUT2D eigenvalue weighted by Crippen LogP contribution is 2.21. The Kier molecular flexibility index (Phi) is 7.75. The molecule has 0 bridgehead atoms. The Bertz CT molecular complexity index is 1080. The van der Waals surface area contributed by atoms with Crippen LogP contribution < -0.4 is 15.8 Å². The van der Waals surface area contributed by atoms with Crippen LogP contribution in [-0.4, -0.2) is 36.3 Å². The molecule has 6 nitrogen and oxygen atoms in total. The summed E-state index contributed by atoms with van der Waals surface area (Å²) in [5.74, 6) is 0.281. The van der Waals surface area contributed by atoms with E-state index in [0.717, 1.165) is 38.0 Å². The van der Waals surface area contributed by atoms with Gasteiger partial charge < -0.3 is 15.8 Å². The second-order valence-electron chi connectivity index (χ2n) is 8.38. The first-order valence-corrected chi connectivity index (χ1v) is 12.1. The van der Waals surface area contributed by atoms with Crippen molar-refractivity contribution in [3.63, 3.8) is 0 Å². The number of para-hydroxylation sites is 1. The molecule has 3 aromatic rings. The fourth-order valence-electron chi connectivity index (χ4n) is 4.18. The number of rotatable bonds is 9. The molecule has 1 aromatic heterocycles. The molecule has 1 saturated heterocycles. The van der Waals surface area contributed by atoms with Crippen molar-refractivity contribution in [2.75, 3.05) is 19.6 Å². The van der Waals surface area contributed by atoms with Gasteiger partial charge in [0.25, 0.3) is 11.8 Å². The third-order valence-electron chi connectivity index (χ3n) is 5.85. The Hall–Kier alpha value is -3.16. The monoisotopic (exact) mass is 463 g/mol. The maximum absolute atomic E-state index is 12.8. The summed E-state index contributed by atoms with van der Waals surface area (Å²) in [6.07, 6.45) is 2.29. The zero-order valence-corrected chi connectivity index (χ0v) is 19.4. The van der Waals surface area contributed by atoms with Gasteiger partial charge in [0.2, 0.25) is 0 Å². The quantitative estimate of drug-likeness (QED) is 0.501. The number of likely N-dealkylation sites (tertiary alicyclic amines) is 1. The molecule has 0 aliphatic carbocycles. The number of benzene rings is 2. The molecule has 0 radical (unpaired) electrons. The predicted octanol–water partition coefficient (Wildman–Crippen LogP) is 4.07. The van der Waals surface area contributed by atoms with Crippen LogP contribution in [0.5, 0.6) is 5.75 Å². The molecule has 172 valence electrons. The zero-order valence-electron chi connectivity index (χ0n) is 18.5. The van der Waals surface area contributed by atoms with E-state index in [2.05, 4.69) is 27.7 Å². The highest BCUT2D eigenvalue weighted by Gasteiger charge is 2.21. The van der Waals surface area contributed by atoms with Crippen LogP contribution in [0.2, 0.25) is 0 Å². The van der Waals surface area contributed by atoms with Crippen molar-refractivity contribution in [1.29, 1.82) is 0 Å². The first kappa shape index (κ1) is 23.0. The Morgan fingerprint density at radius 3 is 2.82 bits per heavy atom. The molecule has 3 N–H and O–H groups in total. The van der Waals surface area contributed by atoms with Crippen molar-refractivity contribution < 1.29 is 14.3 Å². The van der Waals surface area contributed by atoms with Crippen molar-refractivity contribution in [2.24, 2.45) is 11.7 Å². The summed E-state index contributed by atoms with van der Waals surface area (Å²) < 4.78 is 5.79. The summed E-state index contributed by atoms with van der Waals surface area (Å²) in [6, 6.07) is 18.5. The standard InChI is InChI=1S/C26H29N3O3S/c27-25(30)23-10-1-2-11-24(23)32-18-19-6-3-8-21(14-19)26(31)28-15-20-7-4-12-29(16-20)17-22-9-5-13-33-22/h1-3,5-6,8-11,13-14,20H,4,7,12,15-18H2,(H2,27,30)(H,28,31). The molecule has 2 amide bonds. The van der Waals surface area contributed by atoms with Gasteiger partial charge in [-0.25, -0.2) is 0 Å². The Balaban J connectivity index is 1.29. The van der Waals surface area contributed by atoms with E-state index >= 15 is 0 Å². The van der Waals surface area contributed by atoms with Gasteiger partial charge in [-0.05, 0) is 66.6 Å². The number of nitrogens with two attached hydrogens (primary N) is 1. The number of carbonyl (C=O) groups is 2. The third kappa shape index (κ3) is 6.43. The van der Waals surface area contributed by atoms with Crippen LogP contribution in [0.4, 0.5) is 0 Å². The molecule has 1 fully saturated rings. The SMILES string of the molecule is NC(=O)c1ccccc1OCc1cccc(C(=O)NCC2CCCN(Cc3cccs3)C2)c1. The second kappa shape index (κ2) is 11.1. The number of hydrogen-bond donors (Lipinski definition) is 2. The van der Waals surface area contributed by atoms with Crippen LogP contribution in [0.25, 0.3) is 0 Å². The number of thiophene rings is 1. The number of ether oxygens (including phenoxy) is 1. The highest BCUT2D eigenvalue weighted by atomic mass is 32.1. The number of nitrogens with one attached hydrogen (secondary N) is 1. The van der Waals surface area contributed by atoms with Crippen LogP contribution in [0, 0.1) is 5.92 Å². The van der Waals surface area contributed by atoms with Gasteiger partial charge in [0.05, 0.1) is 5.56 Å². The summed E-state index contributed by atoms with van der Waals surface area (Å²) in [5, 5.41) is 5.23. The van der Waals surface area contributed by atoms with Crippen LogP contribution >= 0.6 is 11.3 Å². The van der Waals surface area contributed by atoms with Gasteiger partial charge in [0.15, 0.2) is 0 Å². The lowest BCUT2D eigenvalue weighted by molar-refractivity contribution is 0.0930. The van der Waals surface area contributed by atoms with Gasteiger partial charge in [-0.2, -0.15) is 0 Å². The minimum Gasteiger partial charge on any atom is -0.488 e. The second-order valence-corrected chi connectivity index (χ2v) is 9.41. The lowest BCUT2D eigenvalue weighted by Crippen LogP contribution is -2.40. The van der Waals surface area contributed by atoms with Crippen molar-refractivity contribution in [3.8, 4) is 5.75 Å². The third-order valence-corrected chi connectivity index (χ3v) is 6.71. The topological polar surface area (TPSA) is 84.7 Å². The maximum Gasteiger partial charge on any atom is 0.252 e. The largest absolute Gasteiger partial charge is 0.488 e. The molecular weight excluding hydrogens is 434 g/mol. The number of hydrogen-bond acceptors (Lipinski definition) is 5. The number of piperidine rings is 1. The van der Waals surface area contributed by atoms with Crippen molar-refractivity contribution in [3.05, 3.63) is 87.6 Å². The normalized spacial score (nSPS) is 16.3. The van der Waals surface area contributed by atoms with E-state index in [0.29, 0.717) is 29.3 Å². The predicted molar refractivity (Wildman–Crippen MR) is 130 cm³/mol. The zero-order chi connectivity index (χ0) is 23.0. The van der Waals surface area contributed by atoms with Gasteiger partial charge in [0.1, 0.15) is 12.4 Å². The van der Waals surface area contributed by atoms with Crippen molar-refractivity contribution in [2.45, 2.75) is 26.0 Å². The number of primary amides is 1. The van der Waals surface area contributed by atoms with Crippen LogP contribution in [0.1, 0.15) is 44.0 Å².